The molecule has 1 aliphatic carbocycles. The fraction of sp³-hybridized carbons (Fsp3) is 0.500. The molecule has 2 aromatic carbocycles. The summed E-state index contributed by atoms with van der Waals surface area (Å²) in [6, 6.07) is 14.3. The molecule has 0 aromatic heterocycles. The lowest BCUT2D eigenvalue weighted by Crippen LogP contribution is -2.54. The highest BCUT2D eigenvalue weighted by Crippen LogP contribution is 2.50. The van der Waals surface area contributed by atoms with E-state index in [1.807, 2.05) is 24.3 Å². The Labute approximate surface area is 173 Å². The number of phenolic OH excluding ortho intramolecular Hbond substituents is 1. The molecule has 3 atom stereocenters. The van der Waals surface area contributed by atoms with Crippen molar-refractivity contribution in [3.63, 3.8) is 0 Å². The fourth-order valence-corrected chi connectivity index (χ4v) is 5.39. The van der Waals surface area contributed by atoms with E-state index in [4.69, 9.17) is 11.6 Å². The molecule has 28 heavy (non-hydrogen) atoms. The minimum atomic E-state index is -0.566. The van der Waals surface area contributed by atoms with Gasteiger partial charge in [-0.1, -0.05) is 55.6 Å². The Kier molecular flexibility index (Phi) is 5.69. The number of phenols is 1. The van der Waals surface area contributed by atoms with Crippen molar-refractivity contribution in [1.82, 2.24) is 4.90 Å². The molecule has 0 radical (unpaired) electrons. The molecule has 0 amide bonds. The van der Waals surface area contributed by atoms with E-state index >= 15 is 0 Å². The van der Waals surface area contributed by atoms with Crippen molar-refractivity contribution >= 4 is 11.6 Å². The zero-order valence-corrected chi connectivity index (χ0v) is 17.3. The number of aromatic hydroxyl groups is 1. The Bertz CT molecular complexity index is 822. The van der Waals surface area contributed by atoms with Crippen LogP contribution in [0.25, 0.3) is 0 Å². The minimum absolute atomic E-state index is 0.167. The number of nitrogens with zero attached hydrogens (tertiary/aromatic N) is 1. The number of benzene rings is 2. The van der Waals surface area contributed by atoms with E-state index < -0.39 is 5.60 Å². The molecule has 3 nitrogen and oxygen atoms in total. The Morgan fingerprint density at radius 2 is 1.89 bits per heavy atom. The van der Waals surface area contributed by atoms with E-state index in [0.717, 1.165) is 55.8 Å². The van der Waals surface area contributed by atoms with Gasteiger partial charge >= 0.3 is 0 Å². The molecule has 0 unspecified atom stereocenters. The first-order valence-electron chi connectivity index (χ1n) is 10.5. The van der Waals surface area contributed by atoms with E-state index in [1.165, 1.54) is 17.5 Å². The molecular weight excluding hydrogens is 370 g/mol. The van der Waals surface area contributed by atoms with Gasteiger partial charge < -0.3 is 10.2 Å². The molecule has 4 rings (SSSR count). The maximum Gasteiger partial charge on any atom is 0.118 e. The predicted octanol–water partition coefficient (Wildman–Crippen LogP) is 5.48. The van der Waals surface area contributed by atoms with Crippen LogP contribution in [0.15, 0.2) is 42.5 Å². The van der Waals surface area contributed by atoms with Crippen LogP contribution < -0.4 is 0 Å². The summed E-state index contributed by atoms with van der Waals surface area (Å²) in [6.45, 7) is 3.79. The third-order valence-corrected chi connectivity index (χ3v) is 7.05. The lowest BCUT2D eigenvalue weighted by molar-refractivity contribution is -0.126. The van der Waals surface area contributed by atoms with E-state index in [9.17, 15) is 10.2 Å². The van der Waals surface area contributed by atoms with E-state index in [-0.39, 0.29) is 12.0 Å². The molecule has 0 bridgehead atoms. The first-order valence-corrected chi connectivity index (χ1v) is 10.9. The molecule has 0 spiro atoms. The normalized spacial score (nSPS) is 28.1. The third-order valence-electron chi connectivity index (χ3n) is 6.80. The van der Waals surface area contributed by atoms with Crippen LogP contribution in [-0.2, 0) is 13.0 Å². The summed E-state index contributed by atoms with van der Waals surface area (Å²) in [7, 11) is 0. The lowest BCUT2D eigenvalue weighted by atomic mass is 9.66. The van der Waals surface area contributed by atoms with Crippen LogP contribution in [0, 0.1) is 5.92 Å². The van der Waals surface area contributed by atoms with Crippen LogP contribution in [0.3, 0.4) is 0 Å². The van der Waals surface area contributed by atoms with Gasteiger partial charge in [-0.25, -0.2) is 0 Å². The number of hydrogen-bond donors (Lipinski definition) is 2. The monoisotopic (exact) mass is 399 g/mol. The largest absolute Gasteiger partial charge is 0.508 e. The number of rotatable bonds is 4. The summed E-state index contributed by atoms with van der Waals surface area (Å²) in [5, 5.41) is 22.4. The SMILES string of the molecule is CCc1cc([C@H]2[C@@H]3CCCC[C@]3(O)CCN2Cc2ccc(Cl)cc2)ccc1O. The Hall–Kier alpha value is -1.55. The molecule has 4 heteroatoms. The van der Waals surface area contributed by atoms with Gasteiger partial charge in [0.15, 0.2) is 0 Å². The Morgan fingerprint density at radius 3 is 2.64 bits per heavy atom. The van der Waals surface area contributed by atoms with Crippen LogP contribution in [0.5, 0.6) is 5.75 Å². The van der Waals surface area contributed by atoms with Gasteiger partial charge in [0.2, 0.25) is 0 Å². The first kappa shape index (κ1) is 19.8. The average molecular weight is 400 g/mol. The van der Waals surface area contributed by atoms with Gasteiger partial charge in [-0.05, 0) is 60.6 Å². The molecule has 1 saturated carbocycles. The minimum Gasteiger partial charge on any atom is -0.508 e. The van der Waals surface area contributed by atoms with Crippen molar-refractivity contribution in [1.29, 1.82) is 0 Å². The van der Waals surface area contributed by atoms with Crippen LogP contribution in [-0.4, -0.2) is 27.3 Å². The number of fused-ring (bicyclic) bond motifs is 1. The number of piperidine rings is 1. The Morgan fingerprint density at radius 1 is 1.11 bits per heavy atom. The quantitative estimate of drug-likeness (QED) is 0.715. The molecule has 1 aliphatic heterocycles. The molecule has 1 heterocycles. The van der Waals surface area contributed by atoms with Gasteiger partial charge in [-0.2, -0.15) is 0 Å². The van der Waals surface area contributed by atoms with Gasteiger partial charge in [0.05, 0.1) is 5.60 Å². The van der Waals surface area contributed by atoms with Crippen molar-refractivity contribution in [3.05, 3.63) is 64.2 Å². The molecule has 2 aromatic rings. The summed E-state index contributed by atoms with van der Waals surface area (Å²) in [5.74, 6) is 0.599. The second-order valence-corrected chi connectivity index (χ2v) is 8.93. The molecule has 150 valence electrons. The molecule has 2 fully saturated rings. The highest BCUT2D eigenvalue weighted by molar-refractivity contribution is 6.30. The van der Waals surface area contributed by atoms with Crippen molar-refractivity contribution < 1.29 is 10.2 Å². The van der Waals surface area contributed by atoms with Gasteiger partial charge in [-0.15, -0.1) is 0 Å². The van der Waals surface area contributed by atoms with E-state index in [1.54, 1.807) is 0 Å². The van der Waals surface area contributed by atoms with Crippen LogP contribution in [0.2, 0.25) is 5.02 Å². The van der Waals surface area contributed by atoms with Crippen LogP contribution in [0.1, 0.15) is 61.8 Å². The molecular formula is C24H30ClNO2. The predicted molar refractivity (Wildman–Crippen MR) is 114 cm³/mol. The second kappa shape index (κ2) is 8.06. The van der Waals surface area contributed by atoms with Gasteiger partial charge in [0.25, 0.3) is 0 Å². The Balaban J connectivity index is 1.70. The van der Waals surface area contributed by atoms with E-state index in [0.29, 0.717) is 5.75 Å². The highest BCUT2D eigenvalue weighted by Gasteiger charge is 2.48. The fourth-order valence-electron chi connectivity index (χ4n) is 5.26. The third kappa shape index (κ3) is 3.80. The van der Waals surface area contributed by atoms with E-state index in [2.05, 4.69) is 30.0 Å². The lowest BCUT2D eigenvalue weighted by Gasteiger charge is -2.53. The summed E-state index contributed by atoms with van der Waals surface area (Å²) in [6.07, 6.45) is 5.89. The molecule has 2 N–H and O–H groups in total. The standard InChI is InChI=1S/C24H30ClNO2/c1-2-18-15-19(8-11-22(18)27)23-21-5-3-4-12-24(21,28)13-14-26(23)16-17-6-9-20(25)10-7-17/h6-11,15,21,23,27-28H,2-5,12-14,16H2,1H3/t21-,23-,24-/m0/s1. The number of likely N-dealkylation sites (tertiary alicyclic amines) is 1. The number of hydrogen-bond acceptors (Lipinski definition) is 3. The molecule has 1 saturated heterocycles. The number of halogens is 1. The average Bonchev–Trinajstić information content (AvgIpc) is 2.70. The van der Waals surface area contributed by atoms with Crippen LogP contribution >= 0.6 is 11.6 Å². The van der Waals surface area contributed by atoms with Crippen molar-refractivity contribution in [2.75, 3.05) is 6.54 Å². The summed E-state index contributed by atoms with van der Waals surface area (Å²) >= 11 is 6.07. The first-order chi connectivity index (χ1) is 13.5. The zero-order chi connectivity index (χ0) is 19.7. The maximum absolute atomic E-state index is 11.4. The van der Waals surface area contributed by atoms with Crippen LogP contribution in [0.4, 0.5) is 0 Å². The summed E-state index contributed by atoms with van der Waals surface area (Å²) < 4.78 is 0. The highest BCUT2D eigenvalue weighted by atomic mass is 35.5. The maximum atomic E-state index is 11.4. The topological polar surface area (TPSA) is 43.7 Å². The smallest absolute Gasteiger partial charge is 0.118 e. The number of aliphatic hydroxyl groups is 1. The van der Waals surface area contributed by atoms with Crippen molar-refractivity contribution in [3.8, 4) is 5.75 Å². The zero-order valence-electron chi connectivity index (χ0n) is 16.6. The van der Waals surface area contributed by atoms with Gasteiger partial charge in [0, 0.05) is 30.1 Å². The summed E-state index contributed by atoms with van der Waals surface area (Å²) in [4.78, 5) is 2.51. The number of aryl methyl sites for hydroxylation is 1. The van der Waals surface area contributed by atoms with Gasteiger partial charge in [-0.3, -0.25) is 4.90 Å². The van der Waals surface area contributed by atoms with Gasteiger partial charge in [0.1, 0.15) is 5.75 Å². The second-order valence-electron chi connectivity index (χ2n) is 8.49. The molecule has 2 aliphatic rings. The van der Waals surface area contributed by atoms with Crippen molar-refractivity contribution in [2.24, 2.45) is 5.92 Å². The van der Waals surface area contributed by atoms with Crippen molar-refractivity contribution in [2.45, 2.75) is 63.6 Å². The summed E-state index contributed by atoms with van der Waals surface area (Å²) in [5.41, 5.74) is 2.87.